The number of carboxylic acid groups (broad SMARTS) is 2. The van der Waals surface area contributed by atoms with Gasteiger partial charge in [0, 0.05) is 30.7 Å². The normalized spacial score (nSPS) is 35.5. The highest BCUT2D eigenvalue weighted by molar-refractivity contribution is 5.88. The number of carbonyl (C=O) groups is 2. The molecule has 8 nitrogen and oxygen atoms in total. The molecule has 42 heavy (non-hydrogen) atoms. The molecule has 4 heterocycles. The zero-order valence-electron chi connectivity index (χ0n) is 25.0. The van der Waals surface area contributed by atoms with Crippen molar-refractivity contribution in [2.24, 2.45) is 11.8 Å². The molecule has 7 rings (SSSR count). The van der Waals surface area contributed by atoms with Crippen LogP contribution in [-0.2, 0) is 9.59 Å². The number of rotatable bonds is 6. The number of piperidine rings is 3. The smallest absolute Gasteiger partial charge is 0.323 e. The maximum Gasteiger partial charge on any atom is 0.323 e. The van der Waals surface area contributed by atoms with Crippen molar-refractivity contribution in [2.75, 3.05) is 36.0 Å². The van der Waals surface area contributed by atoms with Crippen LogP contribution in [0, 0.1) is 11.8 Å². The summed E-state index contributed by atoms with van der Waals surface area (Å²) in [6, 6.07) is 10.6. The third-order valence-electron chi connectivity index (χ3n) is 11.4. The summed E-state index contributed by atoms with van der Waals surface area (Å²) >= 11 is 0. The molecule has 0 spiro atoms. The number of nitrogens with zero attached hydrogens (tertiary/aromatic N) is 4. The molecule has 0 radical (unpaired) electrons. The number of carboxylic acids is 2. The molecule has 228 valence electrons. The van der Waals surface area contributed by atoms with Crippen LogP contribution < -0.4 is 9.80 Å². The van der Waals surface area contributed by atoms with Crippen molar-refractivity contribution in [2.45, 2.75) is 114 Å². The van der Waals surface area contributed by atoms with Gasteiger partial charge in [-0.2, -0.15) is 0 Å². The van der Waals surface area contributed by atoms with E-state index in [0.29, 0.717) is 24.7 Å². The van der Waals surface area contributed by atoms with E-state index in [1.807, 2.05) is 15.9 Å². The van der Waals surface area contributed by atoms with Crippen molar-refractivity contribution in [3.63, 3.8) is 0 Å². The first-order valence-electron chi connectivity index (χ1n) is 16.8. The maximum absolute atomic E-state index is 12.2. The molecule has 4 bridgehead atoms. The monoisotopic (exact) mass is 576 g/mol. The Balaban J connectivity index is 1.21. The van der Waals surface area contributed by atoms with Crippen molar-refractivity contribution in [3.05, 3.63) is 35.7 Å². The third kappa shape index (κ3) is 5.45. The van der Waals surface area contributed by atoms with Gasteiger partial charge in [-0.25, -0.2) is 0 Å². The molecular weight excluding hydrogens is 528 g/mol. The highest BCUT2D eigenvalue weighted by Crippen LogP contribution is 2.50. The Hall–Kier alpha value is -2.58. The number of anilines is 2. The Morgan fingerprint density at radius 2 is 1.38 bits per heavy atom. The van der Waals surface area contributed by atoms with Gasteiger partial charge in [0.2, 0.25) is 0 Å². The highest BCUT2D eigenvalue weighted by atomic mass is 16.4. The molecule has 1 aromatic rings. The largest absolute Gasteiger partial charge is 0.480 e. The fourth-order valence-electron chi connectivity index (χ4n) is 10.0. The summed E-state index contributed by atoms with van der Waals surface area (Å²) < 4.78 is 0. The summed E-state index contributed by atoms with van der Waals surface area (Å²) in [4.78, 5) is 33.3. The van der Waals surface area contributed by atoms with Gasteiger partial charge in [0.15, 0.2) is 0 Å². The van der Waals surface area contributed by atoms with E-state index in [1.54, 1.807) is 0 Å². The Morgan fingerprint density at radius 1 is 0.714 bits per heavy atom. The molecule has 0 amide bonds. The van der Waals surface area contributed by atoms with Gasteiger partial charge in [0.05, 0.1) is 17.9 Å². The average molecular weight is 577 g/mol. The molecule has 1 aromatic carbocycles. The van der Waals surface area contributed by atoms with E-state index < -0.39 is 11.9 Å². The molecule has 0 aromatic heterocycles. The first-order chi connectivity index (χ1) is 20.4. The van der Waals surface area contributed by atoms with E-state index in [0.717, 1.165) is 67.3 Å². The van der Waals surface area contributed by atoms with Crippen LogP contribution in [0.2, 0.25) is 0 Å². The van der Waals surface area contributed by atoms with Gasteiger partial charge in [-0.15, -0.1) is 0 Å². The molecule has 5 fully saturated rings. The zero-order chi connectivity index (χ0) is 28.8. The van der Waals surface area contributed by atoms with Crippen molar-refractivity contribution in [1.29, 1.82) is 0 Å². The summed E-state index contributed by atoms with van der Waals surface area (Å²) in [7, 11) is 0. The number of aliphatic carboxylic acids is 2. The van der Waals surface area contributed by atoms with Gasteiger partial charge >= 0.3 is 11.9 Å². The molecule has 2 saturated carbocycles. The predicted octanol–water partition coefficient (Wildman–Crippen LogP) is 5.53. The minimum absolute atomic E-state index is 0.0224. The zero-order valence-corrected chi connectivity index (χ0v) is 25.0. The Labute approximate surface area is 250 Å². The number of para-hydroxylation sites is 2. The van der Waals surface area contributed by atoms with E-state index >= 15 is 0 Å². The number of hydrogen-bond donors (Lipinski definition) is 2. The topological polar surface area (TPSA) is 87.6 Å². The lowest BCUT2D eigenvalue weighted by molar-refractivity contribution is -0.138. The van der Waals surface area contributed by atoms with Gasteiger partial charge in [-0.3, -0.25) is 19.4 Å². The number of benzene rings is 1. The summed E-state index contributed by atoms with van der Waals surface area (Å²) in [5.41, 5.74) is 3.28. The Bertz CT molecular complexity index is 1190. The van der Waals surface area contributed by atoms with E-state index in [2.05, 4.69) is 28.0 Å². The Kier molecular flexibility index (Phi) is 7.95. The van der Waals surface area contributed by atoms with Gasteiger partial charge in [-0.1, -0.05) is 44.2 Å². The van der Waals surface area contributed by atoms with Gasteiger partial charge in [0.1, 0.15) is 12.4 Å². The molecule has 2 N–H and O–H groups in total. The maximum atomic E-state index is 12.2. The van der Waals surface area contributed by atoms with Crippen LogP contribution in [-0.4, -0.2) is 82.3 Å². The number of likely N-dealkylation sites (tertiary alicyclic amines) is 1. The molecular formula is C34H48N4O4. The first kappa shape index (κ1) is 28.2. The lowest BCUT2D eigenvalue weighted by Crippen LogP contribution is -2.61. The second-order valence-electron chi connectivity index (χ2n) is 14.2. The van der Waals surface area contributed by atoms with E-state index in [-0.39, 0.29) is 13.1 Å². The second-order valence-corrected chi connectivity index (χ2v) is 14.2. The van der Waals surface area contributed by atoms with Crippen molar-refractivity contribution < 1.29 is 19.8 Å². The van der Waals surface area contributed by atoms with Crippen LogP contribution in [0.1, 0.15) is 89.9 Å². The van der Waals surface area contributed by atoms with E-state index in [4.69, 9.17) is 0 Å². The minimum atomic E-state index is -0.839. The van der Waals surface area contributed by atoms with Gasteiger partial charge in [0.25, 0.3) is 0 Å². The lowest BCUT2D eigenvalue weighted by atomic mass is 9.73. The molecule has 4 aliphatic heterocycles. The molecule has 2 aliphatic carbocycles. The van der Waals surface area contributed by atoms with Crippen LogP contribution in [0.3, 0.4) is 0 Å². The fraction of sp³-hybridized carbons (Fsp3) is 0.706. The predicted molar refractivity (Wildman–Crippen MR) is 164 cm³/mol. The van der Waals surface area contributed by atoms with Crippen LogP contribution in [0.5, 0.6) is 0 Å². The number of hydrogen-bond acceptors (Lipinski definition) is 6. The van der Waals surface area contributed by atoms with Crippen LogP contribution in [0.15, 0.2) is 35.7 Å². The molecule has 1 unspecified atom stereocenters. The molecule has 3 saturated heterocycles. The van der Waals surface area contributed by atoms with Gasteiger partial charge < -0.3 is 20.0 Å². The van der Waals surface area contributed by atoms with E-state index in [9.17, 15) is 19.8 Å². The molecule has 5 atom stereocenters. The molecule has 6 aliphatic rings. The summed E-state index contributed by atoms with van der Waals surface area (Å²) in [5, 5.41) is 19.5. The SMILES string of the molecule is O=C(O)CN1CCC/C(=C2/N(CC(=O)O)c3ccccc3N2C2C[C@H]3CCC[C@@H](C2)N3C2C[C@@H]3CCCC[C@@H](C2)C3)C1. The quantitative estimate of drug-likeness (QED) is 0.457. The standard InChI is InChI=1S/C34H48N4O4/c39-32(40)21-35-14-6-9-25(20-35)34-36(22-33(41)42)30-12-3-4-13-31(30)38(34)29-18-26-10-5-11-27(19-29)37(26)28-16-23-7-1-2-8-24(15-23)17-28/h3-4,12-13,23-24,26-29H,1-2,5-11,14-22H2,(H,39,40)(H,41,42)/b34-25+/t23-,24-,26-,27+,29?/m1/s1. The minimum Gasteiger partial charge on any atom is -0.480 e. The van der Waals surface area contributed by atoms with Crippen LogP contribution in [0.25, 0.3) is 0 Å². The fourth-order valence-corrected chi connectivity index (χ4v) is 10.0. The summed E-state index contributed by atoms with van der Waals surface area (Å²) in [6.45, 7) is 1.29. The lowest BCUT2D eigenvalue weighted by Gasteiger charge is -2.56. The van der Waals surface area contributed by atoms with Crippen molar-refractivity contribution in [3.8, 4) is 0 Å². The highest BCUT2D eigenvalue weighted by Gasteiger charge is 2.48. The first-order valence-corrected chi connectivity index (χ1v) is 16.8. The summed E-state index contributed by atoms with van der Waals surface area (Å²) in [6.07, 6.45) is 17.8. The van der Waals surface area contributed by atoms with Crippen molar-refractivity contribution >= 4 is 23.3 Å². The molecule has 8 heteroatoms. The van der Waals surface area contributed by atoms with E-state index in [1.165, 1.54) is 69.8 Å². The average Bonchev–Trinajstić information content (AvgIpc) is 3.17. The number of fused-ring (bicyclic) bond motifs is 5. The van der Waals surface area contributed by atoms with Crippen LogP contribution in [0.4, 0.5) is 11.4 Å². The third-order valence-corrected chi connectivity index (χ3v) is 11.4. The van der Waals surface area contributed by atoms with Crippen LogP contribution >= 0.6 is 0 Å². The van der Waals surface area contributed by atoms with Gasteiger partial charge in [-0.05, 0) is 93.9 Å². The van der Waals surface area contributed by atoms with Crippen molar-refractivity contribution in [1.82, 2.24) is 9.80 Å². The summed E-state index contributed by atoms with van der Waals surface area (Å²) in [5.74, 6) is 1.21. The second kappa shape index (κ2) is 11.8. The Morgan fingerprint density at radius 3 is 2.05 bits per heavy atom.